The third-order valence-electron chi connectivity index (χ3n) is 4.18. The molecule has 0 aromatic heterocycles. The van der Waals surface area contributed by atoms with Crippen LogP contribution in [0, 0.1) is 11.3 Å². The summed E-state index contributed by atoms with van der Waals surface area (Å²) < 4.78 is 38.1. The van der Waals surface area contributed by atoms with Gasteiger partial charge in [-0.1, -0.05) is 18.2 Å². The molecule has 30 heavy (non-hydrogen) atoms. The fourth-order valence-corrected chi connectivity index (χ4v) is 3.68. The van der Waals surface area contributed by atoms with Crippen molar-refractivity contribution in [3.8, 4) is 11.8 Å². The molecular weight excluding hydrogens is 404 g/mol. The van der Waals surface area contributed by atoms with E-state index in [1.54, 1.807) is 48.5 Å². The van der Waals surface area contributed by atoms with Crippen LogP contribution in [0.1, 0.15) is 21.5 Å². The van der Waals surface area contributed by atoms with Gasteiger partial charge in [0.15, 0.2) is 0 Å². The maximum absolute atomic E-state index is 12.6. The number of methoxy groups -OCH3 is 1. The van der Waals surface area contributed by atoms with Gasteiger partial charge >= 0.3 is 5.97 Å². The highest BCUT2D eigenvalue weighted by Gasteiger charge is 2.17. The van der Waals surface area contributed by atoms with Crippen molar-refractivity contribution in [3.05, 3.63) is 89.5 Å². The number of hydrogen-bond acceptors (Lipinski definition) is 6. The highest BCUT2D eigenvalue weighted by molar-refractivity contribution is 7.92. The number of hydrogen-bond donors (Lipinski definition) is 1. The number of nitrogens with zero attached hydrogens (tertiary/aromatic N) is 1. The summed E-state index contributed by atoms with van der Waals surface area (Å²) in [6.07, 6.45) is 0. The zero-order valence-electron chi connectivity index (χ0n) is 16.0. The molecule has 3 aromatic rings. The molecule has 0 heterocycles. The van der Waals surface area contributed by atoms with Crippen LogP contribution in [0.4, 0.5) is 5.69 Å². The largest absolute Gasteiger partial charge is 0.497 e. The van der Waals surface area contributed by atoms with Crippen molar-refractivity contribution in [2.45, 2.75) is 11.5 Å². The minimum Gasteiger partial charge on any atom is -0.497 e. The third-order valence-corrected chi connectivity index (χ3v) is 5.55. The summed E-state index contributed by atoms with van der Waals surface area (Å²) in [5.74, 6) is -0.0502. The Morgan fingerprint density at radius 1 is 1.03 bits per heavy atom. The zero-order chi connectivity index (χ0) is 21.6. The van der Waals surface area contributed by atoms with Crippen LogP contribution in [0.25, 0.3) is 0 Å². The molecule has 3 rings (SSSR count). The Labute approximate surface area is 174 Å². The van der Waals surface area contributed by atoms with Crippen LogP contribution in [-0.2, 0) is 21.4 Å². The van der Waals surface area contributed by atoms with Gasteiger partial charge < -0.3 is 9.47 Å². The number of nitrogens with one attached hydrogen (secondary N) is 1. The number of anilines is 1. The first kappa shape index (κ1) is 20.9. The van der Waals surface area contributed by atoms with Crippen molar-refractivity contribution >= 4 is 21.7 Å². The lowest BCUT2D eigenvalue weighted by molar-refractivity contribution is 0.0472. The van der Waals surface area contributed by atoms with E-state index in [9.17, 15) is 13.2 Å². The van der Waals surface area contributed by atoms with E-state index in [-0.39, 0.29) is 17.1 Å². The Hall–Kier alpha value is -3.83. The number of benzene rings is 3. The Kier molecular flexibility index (Phi) is 6.35. The van der Waals surface area contributed by atoms with E-state index in [0.717, 1.165) is 0 Å². The maximum Gasteiger partial charge on any atom is 0.338 e. The molecule has 0 radical (unpaired) electrons. The first-order chi connectivity index (χ1) is 14.4. The van der Waals surface area contributed by atoms with Crippen molar-refractivity contribution in [3.63, 3.8) is 0 Å². The van der Waals surface area contributed by atoms with Gasteiger partial charge in [-0.3, -0.25) is 4.72 Å². The molecule has 0 aliphatic heterocycles. The van der Waals surface area contributed by atoms with Crippen molar-refractivity contribution in [1.82, 2.24) is 0 Å². The number of nitriles is 1. The fourth-order valence-electron chi connectivity index (χ4n) is 2.57. The van der Waals surface area contributed by atoms with Gasteiger partial charge in [0.25, 0.3) is 10.0 Å². The summed E-state index contributed by atoms with van der Waals surface area (Å²) in [4.78, 5) is 12.3. The minimum absolute atomic E-state index is 0.00557. The Balaban J connectivity index is 1.70. The number of sulfonamides is 1. The van der Waals surface area contributed by atoms with E-state index < -0.39 is 16.0 Å². The first-order valence-electron chi connectivity index (χ1n) is 8.84. The Morgan fingerprint density at radius 2 is 1.73 bits per heavy atom. The lowest BCUT2D eigenvalue weighted by atomic mass is 10.1. The summed E-state index contributed by atoms with van der Waals surface area (Å²) in [7, 11) is -2.37. The predicted molar refractivity (Wildman–Crippen MR) is 111 cm³/mol. The zero-order valence-corrected chi connectivity index (χ0v) is 16.8. The molecule has 0 saturated heterocycles. The molecule has 7 nitrogen and oxygen atoms in total. The van der Waals surface area contributed by atoms with Crippen molar-refractivity contribution in [2.24, 2.45) is 0 Å². The lowest BCUT2D eigenvalue weighted by Gasteiger charge is -2.10. The highest BCUT2D eigenvalue weighted by Crippen LogP contribution is 2.20. The number of esters is 1. The number of rotatable bonds is 7. The van der Waals surface area contributed by atoms with E-state index in [0.29, 0.717) is 22.6 Å². The average Bonchev–Trinajstić information content (AvgIpc) is 2.78. The van der Waals surface area contributed by atoms with Gasteiger partial charge in [-0.25, -0.2) is 13.2 Å². The predicted octanol–water partition coefficient (Wildman–Crippen LogP) is 3.72. The second-order valence-corrected chi connectivity index (χ2v) is 7.93. The molecule has 0 saturated carbocycles. The van der Waals surface area contributed by atoms with E-state index in [1.807, 2.05) is 6.07 Å². The quantitative estimate of drug-likeness (QED) is 0.582. The summed E-state index contributed by atoms with van der Waals surface area (Å²) in [6.45, 7) is 0.00557. The van der Waals surface area contributed by atoms with E-state index in [4.69, 9.17) is 14.7 Å². The van der Waals surface area contributed by atoms with Crippen LogP contribution < -0.4 is 9.46 Å². The lowest BCUT2D eigenvalue weighted by Crippen LogP contribution is -2.14. The Bertz CT molecular complexity index is 1180. The third kappa shape index (κ3) is 5.16. The van der Waals surface area contributed by atoms with Crippen LogP contribution in [0.15, 0.2) is 77.7 Å². The van der Waals surface area contributed by atoms with E-state index in [1.165, 1.54) is 31.4 Å². The molecule has 0 aliphatic rings. The van der Waals surface area contributed by atoms with Crippen LogP contribution in [0.3, 0.4) is 0 Å². The first-order valence-corrected chi connectivity index (χ1v) is 10.3. The standard InChI is InChI=1S/C22H18N2O5S/c1-28-20-11-9-19(10-12-20)24-30(26,27)21-4-2-3-18(13-21)22(25)29-15-17-7-5-16(14-23)6-8-17/h2-13,24H,15H2,1H3. The van der Waals surface area contributed by atoms with Gasteiger partial charge in [-0.05, 0) is 60.2 Å². The van der Waals surface area contributed by atoms with E-state index >= 15 is 0 Å². The molecule has 8 heteroatoms. The molecule has 0 amide bonds. The number of ether oxygens (including phenoxy) is 2. The van der Waals surface area contributed by atoms with Crippen LogP contribution in [0.2, 0.25) is 0 Å². The molecule has 0 aliphatic carbocycles. The molecule has 0 atom stereocenters. The van der Waals surface area contributed by atoms with Crippen molar-refractivity contribution in [2.75, 3.05) is 11.8 Å². The smallest absolute Gasteiger partial charge is 0.338 e. The molecule has 152 valence electrons. The van der Waals surface area contributed by atoms with Crippen molar-refractivity contribution in [1.29, 1.82) is 5.26 Å². The number of carbonyl (C=O) groups excluding carboxylic acids is 1. The molecule has 0 spiro atoms. The molecule has 0 unspecified atom stereocenters. The SMILES string of the molecule is COc1ccc(NS(=O)(=O)c2cccc(C(=O)OCc3ccc(C#N)cc3)c2)cc1. The van der Waals surface area contributed by atoms with Gasteiger partial charge in [0.1, 0.15) is 12.4 Å². The van der Waals surface area contributed by atoms with Gasteiger partial charge in [-0.15, -0.1) is 0 Å². The van der Waals surface area contributed by atoms with Gasteiger partial charge in [-0.2, -0.15) is 5.26 Å². The minimum atomic E-state index is -3.89. The van der Waals surface area contributed by atoms with Crippen LogP contribution >= 0.6 is 0 Å². The topological polar surface area (TPSA) is 105 Å². The molecule has 0 fully saturated rings. The maximum atomic E-state index is 12.6. The van der Waals surface area contributed by atoms with Gasteiger partial charge in [0, 0.05) is 5.69 Å². The molecule has 0 bridgehead atoms. The molecule has 1 N–H and O–H groups in total. The Morgan fingerprint density at radius 3 is 2.37 bits per heavy atom. The average molecular weight is 422 g/mol. The summed E-state index contributed by atoms with van der Waals surface area (Å²) in [5, 5.41) is 8.81. The summed E-state index contributed by atoms with van der Waals surface area (Å²) in [5.41, 5.74) is 1.70. The normalized spacial score (nSPS) is 10.7. The fraction of sp³-hybridized carbons (Fsp3) is 0.0909. The van der Waals surface area contributed by atoms with Gasteiger partial charge in [0.05, 0.1) is 29.2 Å². The van der Waals surface area contributed by atoms with Crippen molar-refractivity contribution < 1.29 is 22.7 Å². The molecule has 3 aromatic carbocycles. The number of carbonyl (C=O) groups is 1. The monoisotopic (exact) mass is 422 g/mol. The summed E-state index contributed by atoms with van der Waals surface area (Å²) >= 11 is 0. The second-order valence-electron chi connectivity index (χ2n) is 6.25. The molecular formula is C22H18N2O5S. The van der Waals surface area contributed by atoms with Crippen LogP contribution in [0.5, 0.6) is 5.75 Å². The van der Waals surface area contributed by atoms with Gasteiger partial charge in [0.2, 0.25) is 0 Å². The summed E-state index contributed by atoms with van der Waals surface area (Å²) in [6, 6.07) is 20.7. The van der Waals surface area contributed by atoms with Crippen LogP contribution in [-0.4, -0.2) is 21.5 Å². The van der Waals surface area contributed by atoms with E-state index in [2.05, 4.69) is 4.72 Å². The highest BCUT2D eigenvalue weighted by atomic mass is 32.2. The second kappa shape index (κ2) is 9.11.